The zero-order chi connectivity index (χ0) is 19.1. The monoisotopic (exact) mass is 373 g/mol. The van der Waals surface area contributed by atoms with Crippen LogP contribution < -0.4 is 20.1 Å². The van der Waals surface area contributed by atoms with Crippen LogP contribution in [0.2, 0.25) is 0 Å². The number of ether oxygens (including phenoxy) is 3. The molecule has 1 aromatic heterocycles. The van der Waals surface area contributed by atoms with Crippen molar-refractivity contribution < 1.29 is 19.0 Å². The van der Waals surface area contributed by atoms with Gasteiger partial charge in [-0.25, -0.2) is 4.98 Å². The van der Waals surface area contributed by atoms with Crippen LogP contribution in [0.5, 0.6) is 11.5 Å². The largest absolute Gasteiger partial charge is 0.493 e. The third-order valence-electron chi connectivity index (χ3n) is 5.28. The summed E-state index contributed by atoms with van der Waals surface area (Å²) in [7, 11) is 4.97. The molecule has 0 unspecified atom stereocenters. The minimum absolute atomic E-state index is 0.0223. The van der Waals surface area contributed by atoms with Gasteiger partial charge in [-0.15, -0.1) is 0 Å². The Morgan fingerprint density at radius 1 is 1.19 bits per heavy atom. The van der Waals surface area contributed by atoms with Crippen molar-refractivity contribution in [1.29, 1.82) is 0 Å². The van der Waals surface area contributed by atoms with Crippen molar-refractivity contribution in [1.82, 2.24) is 14.9 Å². The predicted octanol–water partition coefficient (Wildman–Crippen LogP) is 0.665. The molecule has 2 fully saturated rings. The summed E-state index contributed by atoms with van der Waals surface area (Å²) in [5, 5.41) is 0.702. The molecule has 1 aromatic carbocycles. The first-order chi connectivity index (χ1) is 13.0. The number of hydrogen-bond donors (Lipinski definition) is 1. The zero-order valence-corrected chi connectivity index (χ0v) is 15.6. The maximum absolute atomic E-state index is 12.1. The highest BCUT2D eigenvalue weighted by molar-refractivity contribution is 5.91. The number of nitrogens with zero attached hydrogens (tertiary/aromatic N) is 4. The number of nitrogen functional groups attached to an aromatic ring is 1. The van der Waals surface area contributed by atoms with E-state index < -0.39 is 0 Å². The summed E-state index contributed by atoms with van der Waals surface area (Å²) in [6.07, 6.45) is 0.359. The van der Waals surface area contributed by atoms with Crippen LogP contribution in [-0.2, 0) is 9.53 Å². The summed E-state index contributed by atoms with van der Waals surface area (Å²) in [6, 6.07) is 3.54. The Balaban J connectivity index is 1.69. The van der Waals surface area contributed by atoms with E-state index in [1.54, 1.807) is 31.3 Å². The highest BCUT2D eigenvalue weighted by Crippen LogP contribution is 2.35. The van der Waals surface area contributed by atoms with E-state index in [4.69, 9.17) is 19.9 Å². The quantitative estimate of drug-likeness (QED) is 0.837. The summed E-state index contributed by atoms with van der Waals surface area (Å²) in [4.78, 5) is 25.0. The Labute approximate surface area is 157 Å². The van der Waals surface area contributed by atoms with E-state index >= 15 is 0 Å². The van der Waals surface area contributed by atoms with E-state index in [0.29, 0.717) is 60.3 Å². The normalized spacial score (nSPS) is 22.7. The molecule has 0 saturated carbocycles. The van der Waals surface area contributed by atoms with Crippen LogP contribution in [0.4, 0.5) is 11.8 Å². The summed E-state index contributed by atoms with van der Waals surface area (Å²) < 4.78 is 16.6. The fourth-order valence-electron chi connectivity index (χ4n) is 3.72. The van der Waals surface area contributed by atoms with Gasteiger partial charge in [0.15, 0.2) is 11.5 Å². The third kappa shape index (κ3) is 2.97. The molecule has 0 aliphatic carbocycles. The number of nitrogens with two attached hydrogens (primary N) is 1. The van der Waals surface area contributed by atoms with Crippen LogP contribution in [0.1, 0.15) is 6.42 Å². The Morgan fingerprint density at radius 3 is 2.67 bits per heavy atom. The standard InChI is InChI=1S/C18H23N5O4/c1-22-12-8-23(9-15(12)27-5-4-16(22)24)18-20-11-7-14(26-3)13(25-2)6-10(11)17(19)21-18/h6-7,12,15H,4-5,8-9H2,1-3H3,(H2,19,20,21)/t12-,15-/m0/s1. The molecule has 2 aliphatic rings. The molecule has 2 saturated heterocycles. The number of carbonyl (C=O) groups excluding carboxylic acids is 1. The molecule has 1 amide bonds. The number of fused-ring (bicyclic) bond motifs is 2. The zero-order valence-electron chi connectivity index (χ0n) is 15.6. The van der Waals surface area contributed by atoms with Gasteiger partial charge in [0.2, 0.25) is 11.9 Å². The predicted molar refractivity (Wildman–Crippen MR) is 100 cm³/mol. The Bertz CT molecular complexity index is 890. The van der Waals surface area contributed by atoms with Gasteiger partial charge < -0.3 is 29.7 Å². The molecule has 3 heterocycles. The number of amides is 1. The summed E-state index contributed by atoms with van der Waals surface area (Å²) in [5.41, 5.74) is 6.86. The second kappa shape index (κ2) is 6.73. The SMILES string of the molecule is COc1cc2nc(N3C[C@@H]4OCCC(=O)N(C)[C@H]4C3)nc(N)c2cc1OC. The van der Waals surface area contributed by atoms with E-state index in [0.717, 1.165) is 0 Å². The van der Waals surface area contributed by atoms with Gasteiger partial charge in [0, 0.05) is 31.6 Å². The number of benzene rings is 1. The lowest BCUT2D eigenvalue weighted by molar-refractivity contribution is -0.130. The highest BCUT2D eigenvalue weighted by Gasteiger charge is 2.40. The van der Waals surface area contributed by atoms with Gasteiger partial charge in [-0.05, 0) is 6.07 Å². The number of carbonyl (C=O) groups is 1. The number of rotatable bonds is 3. The van der Waals surface area contributed by atoms with E-state index in [-0.39, 0.29) is 18.1 Å². The number of anilines is 2. The molecule has 2 atom stereocenters. The molecule has 9 heteroatoms. The van der Waals surface area contributed by atoms with Gasteiger partial charge in [-0.1, -0.05) is 0 Å². The van der Waals surface area contributed by atoms with E-state index in [1.807, 2.05) is 11.9 Å². The van der Waals surface area contributed by atoms with Crippen molar-refractivity contribution in [3.63, 3.8) is 0 Å². The van der Waals surface area contributed by atoms with Crippen LogP contribution in [0.3, 0.4) is 0 Å². The number of hydrogen-bond acceptors (Lipinski definition) is 8. The molecule has 0 bridgehead atoms. The smallest absolute Gasteiger partial charge is 0.228 e. The van der Waals surface area contributed by atoms with E-state index in [2.05, 4.69) is 9.97 Å². The van der Waals surface area contributed by atoms with Gasteiger partial charge in [0.1, 0.15) is 5.82 Å². The average Bonchev–Trinajstić information content (AvgIpc) is 3.05. The lowest BCUT2D eigenvalue weighted by Crippen LogP contribution is -2.42. The van der Waals surface area contributed by atoms with Crippen LogP contribution in [0.25, 0.3) is 10.9 Å². The Hall–Kier alpha value is -2.81. The molecule has 9 nitrogen and oxygen atoms in total. The molecule has 27 heavy (non-hydrogen) atoms. The number of aromatic nitrogens is 2. The Morgan fingerprint density at radius 2 is 1.93 bits per heavy atom. The molecular weight excluding hydrogens is 350 g/mol. The van der Waals surface area contributed by atoms with Crippen LogP contribution in [0.15, 0.2) is 12.1 Å². The van der Waals surface area contributed by atoms with Gasteiger partial charge in [0.05, 0.1) is 44.9 Å². The molecular formula is C18H23N5O4. The fourth-order valence-corrected chi connectivity index (χ4v) is 3.72. The molecule has 2 aliphatic heterocycles. The van der Waals surface area contributed by atoms with Crippen LogP contribution >= 0.6 is 0 Å². The topological polar surface area (TPSA) is 103 Å². The summed E-state index contributed by atoms with van der Waals surface area (Å²) in [6.45, 7) is 1.65. The van der Waals surface area contributed by atoms with E-state index in [1.165, 1.54) is 0 Å². The Kier molecular flexibility index (Phi) is 4.39. The molecule has 4 rings (SSSR count). The minimum atomic E-state index is -0.0626. The second-order valence-corrected chi connectivity index (χ2v) is 6.77. The summed E-state index contributed by atoms with van der Waals surface area (Å²) >= 11 is 0. The van der Waals surface area contributed by atoms with Gasteiger partial charge in [-0.3, -0.25) is 4.79 Å². The van der Waals surface area contributed by atoms with Crippen LogP contribution in [0, 0.1) is 0 Å². The molecule has 2 N–H and O–H groups in total. The second-order valence-electron chi connectivity index (χ2n) is 6.77. The van der Waals surface area contributed by atoms with E-state index in [9.17, 15) is 4.79 Å². The van der Waals surface area contributed by atoms with Gasteiger partial charge in [0.25, 0.3) is 0 Å². The lowest BCUT2D eigenvalue weighted by atomic mass is 10.2. The van der Waals surface area contributed by atoms with Crippen molar-refractivity contribution >= 4 is 28.6 Å². The first-order valence-electron chi connectivity index (χ1n) is 8.83. The van der Waals surface area contributed by atoms with Crippen LogP contribution in [-0.4, -0.2) is 73.9 Å². The van der Waals surface area contributed by atoms with Crippen molar-refractivity contribution in [3.8, 4) is 11.5 Å². The summed E-state index contributed by atoms with van der Waals surface area (Å²) in [5.74, 6) is 2.14. The highest BCUT2D eigenvalue weighted by atomic mass is 16.5. The maximum Gasteiger partial charge on any atom is 0.228 e. The fraction of sp³-hybridized carbons (Fsp3) is 0.500. The third-order valence-corrected chi connectivity index (χ3v) is 5.28. The van der Waals surface area contributed by atoms with Crippen molar-refractivity contribution in [3.05, 3.63) is 12.1 Å². The minimum Gasteiger partial charge on any atom is -0.493 e. The average molecular weight is 373 g/mol. The molecule has 2 aromatic rings. The van der Waals surface area contributed by atoms with Gasteiger partial charge >= 0.3 is 0 Å². The first kappa shape index (κ1) is 17.6. The number of likely N-dealkylation sites (N-methyl/N-ethyl adjacent to an activating group) is 1. The lowest BCUT2D eigenvalue weighted by Gasteiger charge is -2.25. The first-order valence-corrected chi connectivity index (χ1v) is 8.83. The van der Waals surface area contributed by atoms with Gasteiger partial charge in [-0.2, -0.15) is 4.98 Å². The van der Waals surface area contributed by atoms with Crippen molar-refractivity contribution in [2.75, 3.05) is 51.6 Å². The van der Waals surface area contributed by atoms with Crippen molar-refractivity contribution in [2.45, 2.75) is 18.6 Å². The molecule has 144 valence electrons. The molecule has 0 radical (unpaired) electrons. The van der Waals surface area contributed by atoms with Crippen molar-refractivity contribution in [2.24, 2.45) is 0 Å². The number of methoxy groups -OCH3 is 2. The maximum atomic E-state index is 12.1. The molecule has 0 spiro atoms.